The number of fused-ring (bicyclic) bond motifs is 1. The molecule has 0 fully saturated rings. The van der Waals surface area contributed by atoms with Crippen molar-refractivity contribution in [2.75, 3.05) is 0 Å². The highest BCUT2D eigenvalue weighted by molar-refractivity contribution is 7.19. The number of carboxylic acid groups (broad SMARTS) is 1. The maximum absolute atomic E-state index is 12.6. The van der Waals surface area contributed by atoms with Crippen LogP contribution in [0.2, 0.25) is 0 Å². The van der Waals surface area contributed by atoms with Crippen LogP contribution in [0.3, 0.4) is 0 Å². The Kier molecular flexibility index (Phi) is 2.38. The van der Waals surface area contributed by atoms with Crippen LogP contribution in [0.25, 0.3) is 10.1 Å². The molecule has 16 heavy (non-hydrogen) atoms. The molecule has 0 aliphatic carbocycles. The van der Waals surface area contributed by atoms with Crippen molar-refractivity contribution < 1.29 is 23.1 Å². The van der Waals surface area contributed by atoms with E-state index in [1.54, 1.807) is 6.07 Å². The van der Waals surface area contributed by atoms with Gasteiger partial charge in [-0.15, -0.1) is 11.3 Å². The Morgan fingerprint density at radius 2 is 1.88 bits per heavy atom. The highest BCUT2D eigenvalue weighted by Crippen LogP contribution is 2.41. The molecule has 1 aromatic carbocycles. The molecule has 2 nitrogen and oxygen atoms in total. The second-order valence-corrected chi connectivity index (χ2v) is 4.16. The number of carbonyl (C=O) groups is 1. The topological polar surface area (TPSA) is 37.3 Å². The van der Waals surface area contributed by atoms with Gasteiger partial charge in [0.05, 0.1) is 5.56 Å². The first-order chi connectivity index (χ1) is 7.41. The fraction of sp³-hybridized carbons (Fsp3) is 0.100. The third-order valence-electron chi connectivity index (χ3n) is 2.07. The summed E-state index contributed by atoms with van der Waals surface area (Å²) in [7, 11) is 0. The molecule has 2 rings (SSSR count). The van der Waals surface area contributed by atoms with Crippen molar-refractivity contribution in [2.45, 2.75) is 6.18 Å². The van der Waals surface area contributed by atoms with Gasteiger partial charge in [0, 0.05) is 10.1 Å². The summed E-state index contributed by atoms with van der Waals surface area (Å²) >= 11 is 0.453. The number of hydrogen-bond acceptors (Lipinski definition) is 2. The van der Waals surface area contributed by atoms with Gasteiger partial charge in [0.2, 0.25) is 0 Å². The zero-order chi connectivity index (χ0) is 11.9. The largest absolute Gasteiger partial charge is 0.478 e. The minimum Gasteiger partial charge on any atom is -0.478 e. The first kappa shape index (κ1) is 10.9. The summed E-state index contributed by atoms with van der Waals surface area (Å²) in [5, 5.41) is 8.95. The van der Waals surface area contributed by atoms with Gasteiger partial charge < -0.3 is 5.11 Å². The molecule has 0 saturated heterocycles. The number of hydrogen-bond donors (Lipinski definition) is 1. The lowest BCUT2D eigenvalue weighted by Crippen LogP contribution is -2.09. The summed E-state index contributed by atoms with van der Waals surface area (Å²) in [5.41, 5.74) is -0.659. The normalized spacial score (nSPS) is 11.9. The Balaban J connectivity index is 2.84. The number of carboxylic acids is 1. The Hall–Kier alpha value is -1.56. The van der Waals surface area contributed by atoms with Gasteiger partial charge in [-0.1, -0.05) is 18.2 Å². The van der Waals surface area contributed by atoms with Crippen LogP contribution in [0.15, 0.2) is 24.3 Å². The van der Waals surface area contributed by atoms with Crippen molar-refractivity contribution in [3.63, 3.8) is 0 Å². The number of alkyl halides is 3. The second kappa shape index (κ2) is 3.48. The molecule has 84 valence electrons. The predicted molar refractivity (Wildman–Crippen MR) is 53.8 cm³/mol. The van der Waals surface area contributed by atoms with E-state index in [-0.39, 0.29) is 5.39 Å². The first-order valence-corrected chi connectivity index (χ1v) is 5.05. The van der Waals surface area contributed by atoms with Crippen LogP contribution in [0, 0.1) is 0 Å². The summed E-state index contributed by atoms with van der Waals surface area (Å²) in [6, 6.07) is 5.94. The number of rotatable bonds is 1. The summed E-state index contributed by atoms with van der Waals surface area (Å²) in [4.78, 5) is 9.80. The van der Waals surface area contributed by atoms with Crippen LogP contribution in [0.4, 0.5) is 13.2 Å². The molecule has 0 radical (unpaired) electrons. The van der Waals surface area contributed by atoms with Crippen molar-refractivity contribution in [1.29, 1.82) is 0 Å². The van der Waals surface area contributed by atoms with E-state index in [0.29, 0.717) is 16.0 Å². The van der Waals surface area contributed by atoms with E-state index >= 15 is 0 Å². The second-order valence-electron chi connectivity index (χ2n) is 3.11. The maximum Gasteiger partial charge on any atom is 0.426 e. The van der Waals surface area contributed by atoms with Gasteiger partial charge >= 0.3 is 12.1 Å². The summed E-state index contributed by atoms with van der Waals surface area (Å²) in [6.45, 7) is 0. The molecule has 0 atom stereocenters. The van der Waals surface area contributed by atoms with Crippen molar-refractivity contribution in [1.82, 2.24) is 0 Å². The van der Waals surface area contributed by atoms with Crippen LogP contribution in [0.5, 0.6) is 0 Å². The molecule has 0 spiro atoms. The van der Waals surface area contributed by atoms with E-state index in [1.165, 1.54) is 18.2 Å². The van der Waals surface area contributed by atoms with E-state index < -0.39 is 22.6 Å². The van der Waals surface area contributed by atoms with Crippen molar-refractivity contribution in [3.05, 3.63) is 34.7 Å². The van der Waals surface area contributed by atoms with Gasteiger partial charge in [-0.05, 0) is 6.07 Å². The SMILES string of the molecule is O=C(O)c1c(C(F)(F)F)sc2ccccc12. The molecule has 6 heteroatoms. The van der Waals surface area contributed by atoms with Crippen molar-refractivity contribution in [3.8, 4) is 0 Å². The van der Waals surface area contributed by atoms with Crippen LogP contribution >= 0.6 is 11.3 Å². The molecule has 0 amide bonds. The number of benzene rings is 1. The molecule has 1 aromatic heterocycles. The van der Waals surface area contributed by atoms with Crippen LogP contribution in [-0.4, -0.2) is 11.1 Å². The Morgan fingerprint density at radius 1 is 1.25 bits per heavy atom. The molecule has 0 bridgehead atoms. The smallest absolute Gasteiger partial charge is 0.426 e. The Labute approximate surface area is 91.9 Å². The zero-order valence-electron chi connectivity index (χ0n) is 7.71. The maximum atomic E-state index is 12.6. The minimum atomic E-state index is -4.63. The minimum absolute atomic E-state index is 0.132. The monoisotopic (exact) mass is 246 g/mol. The lowest BCUT2D eigenvalue weighted by atomic mass is 10.1. The van der Waals surface area contributed by atoms with Crippen LogP contribution in [0.1, 0.15) is 15.2 Å². The fourth-order valence-corrected chi connectivity index (χ4v) is 2.52. The predicted octanol–water partition coefficient (Wildman–Crippen LogP) is 3.62. The molecule has 2 aromatic rings. The lowest BCUT2D eigenvalue weighted by molar-refractivity contribution is -0.134. The molecule has 1 N–H and O–H groups in total. The Bertz CT molecular complexity index is 557. The molecule has 0 aliphatic rings. The Morgan fingerprint density at radius 3 is 2.44 bits per heavy atom. The summed E-state index contributed by atoms with van der Waals surface area (Å²) in [6.07, 6.45) is -4.63. The van der Waals surface area contributed by atoms with E-state index in [9.17, 15) is 18.0 Å². The van der Waals surface area contributed by atoms with Gasteiger partial charge in [0.25, 0.3) is 0 Å². The van der Waals surface area contributed by atoms with E-state index in [0.717, 1.165) is 0 Å². The molecular weight excluding hydrogens is 241 g/mol. The van der Waals surface area contributed by atoms with Crippen LogP contribution in [-0.2, 0) is 6.18 Å². The van der Waals surface area contributed by atoms with Gasteiger partial charge in [0.1, 0.15) is 4.88 Å². The number of aromatic carboxylic acids is 1. The zero-order valence-corrected chi connectivity index (χ0v) is 8.52. The first-order valence-electron chi connectivity index (χ1n) is 4.23. The van der Waals surface area contributed by atoms with Crippen LogP contribution < -0.4 is 0 Å². The third kappa shape index (κ3) is 1.65. The summed E-state index contributed by atoms with van der Waals surface area (Å²) in [5.74, 6) is -1.55. The van der Waals surface area contributed by atoms with E-state index in [1.807, 2.05) is 0 Å². The molecule has 0 saturated carbocycles. The van der Waals surface area contributed by atoms with Crippen molar-refractivity contribution in [2.24, 2.45) is 0 Å². The molecule has 1 heterocycles. The third-order valence-corrected chi connectivity index (χ3v) is 3.28. The average molecular weight is 246 g/mol. The highest BCUT2D eigenvalue weighted by atomic mass is 32.1. The van der Waals surface area contributed by atoms with E-state index in [2.05, 4.69) is 0 Å². The molecule has 0 unspecified atom stereocenters. The molecular formula is C10H5F3O2S. The van der Waals surface area contributed by atoms with Crippen molar-refractivity contribution >= 4 is 27.4 Å². The fourth-order valence-electron chi connectivity index (χ4n) is 1.46. The standard InChI is InChI=1S/C10H5F3O2S/c11-10(12,13)8-7(9(14)15)5-3-1-2-4-6(5)16-8/h1-4H,(H,14,15). The van der Waals surface area contributed by atoms with Gasteiger partial charge in [-0.2, -0.15) is 13.2 Å². The highest BCUT2D eigenvalue weighted by Gasteiger charge is 2.38. The van der Waals surface area contributed by atoms with Gasteiger partial charge in [0.15, 0.2) is 0 Å². The van der Waals surface area contributed by atoms with Gasteiger partial charge in [-0.3, -0.25) is 0 Å². The van der Waals surface area contributed by atoms with E-state index in [4.69, 9.17) is 5.11 Å². The lowest BCUT2D eigenvalue weighted by Gasteiger charge is -2.04. The average Bonchev–Trinajstić information content (AvgIpc) is 2.55. The number of halogens is 3. The summed E-state index contributed by atoms with van der Waals surface area (Å²) < 4.78 is 38.1. The van der Waals surface area contributed by atoms with Gasteiger partial charge in [-0.25, -0.2) is 4.79 Å². The quantitative estimate of drug-likeness (QED) is 0.834. The molecule has 0 aliphatic heterocycles. The number of thiophene rings is 1.